The second-order valence-corrected chi connectivity index (χ2v) is 5.05. The average molecular weight is 315 g/mol. The number of ether oxygens (including phenoxy) is 1. The number of halogens is 1. The minimum atomic E-state index is -0.650. The minimum Gasteiger partial charge on any atom is -0.374 e. The number of carbonyl (C=O) groups is 1. The number of morpholine rings is 1. The third-order valence-electron chi connectivity index (χ3n) is 3.11. The second-order valence-electron chi connectivity index (χ2n) is 4.66. The van der Waals surface area contributed by atoms with Crippen LogP contribution in [0, 0.1) is 10.1 Å². The van der Waals surface area contributed by atoms with Crippen molar-refractivity contribution < 1.29 is 14.5 Å². The van der Waals surface area contributed by atoms with Crippen LogP contribution in [0.15, 0.2) is 12.3 Å². The van der Waals surface area contributed by atoms with E-state index in [1.54, 1.807) is 7.05 Å². The molecule has 1 aliphatic rings. The fraction of sp³-hybridized carbons (Fsp3) is 0.500. The van der Waals surface area contributed by atoms with Crippen molar-refractivity contribution in [3.05, 3.63) is 33.1 Å². The molecule has 0 saturated carbocycles. The normalized spacial score (nSPS) is 18.3. The zero-order chi connectivity index (χ0) is 15.4. The quantitative estimate of drug-likeness (QED) is 0.499. The standard InChI is InChI=1S/C12H15ClN4O4/c1-16(7-8-5-14-2-3-21-8)12(18)9-4-11(13)15-6-10(9)17(19)20/h4,6,8,14H,2-3,5,7H2,1H3. The lowest BCUT2D eigenvalue weighted by atomic mass is 10.2. The largest absolute Gasteiger partial charge is 0.374 e. The van der Waals surface area contributed by atoms with Crippen LogP contribution >= 0.6 is 11.6 Å². The van der Waals surface area contributed by atoms with Gasteiger partial charge in [0.15, 0.2) is 0 Å². The maximum absolute atomic E-state index is 12.4. The summed E-state index contributed by atoms with van der Waals surface area (Å²) in [5.41, 5.74) is -0.440. The first-order chi connectivity index (χ1) is 9.99. The molecule has 1 saturated heterocycles. The van der Waals surface area contributed by atoms with Crippen molar-refractivity contribution in [2.24, 2.45) is 0 Å². The van der Waals surface area contributed by atoms with Crippen LogP contribution in [0.4, 0.5) is 5.69 Å². The lowest BCUT2D eigenvalue weighted by Crippen LogP contribution is -2.45. The summed E-state index contributed by atoms with van der Waals surface area (Å²) in [6.07, 6.45) is 0.853. The van der Waals surface area contributed by atoms with Gasteiger partial charge in [-0.1, -0.05) is 11.6 Å². The minimum absolute atomic E-state index is 0.0351. The third kappa shape index (κ3) is 3.87. The first-order valence-electron chi connectivity index (χ1n) is 6.36. The second kappa shape index (κ2) is 6.79. The van der Waals surface area contributed by atoms with Gasteiger partial charge in [0.2, 0.25) is 0 Å². The molecule has 8 nitrogen and oxygen atoms in total. The molecule has 1 unspecified atom stereocenters. The van der Waals surface area contributed by atoms with Crippen molar-refractivity contribution in [2.45, 2.75) is 6.10 Å². The van der Waals surface area contributed by atoms with Crippen LogP contribution in [0.3, 0.4) is 0 Å². The molecule has 1 aliphatic heterocycles. The van der Waals surface area contributed by atoms with Gasteiger partial charge >= 0.3 is 0 Å². The Balaban J connectivity index is 2.14. The number of amides is 1. The van der Waals surface area contributed by atoms with Gasteiger partial charge < -0.3 is 15.0 Å². The molecule has 1 atom stereocenters. The van der Waals surface area contributed by atoms with E-state index in [2.05, 4.69) is 10.3 Å². The van der Waals surface area contributed by atoms with Crippen molar-refractivity contribution in [1.29, 1.82) is 0 Å². The van der Waals surface area contributed by atoms with Gasteiger partial charge in [0.1, 0.15) is 16.9 Å². The summed E-state index contributed by atoms with van der Waals surface area (Å²) in [4.78, 5) is 27.7. The van der Waals surface area contributed by atoms with Crippen molar-refractivity contribution in [3.8, 4) is 0 Å². The molecule has 0 radical (unpaired) electrons. The number of nitrogens with one attached hydrogen (secondary N) is 1. The molecule has 1 amide bonds. The Labute approximate surface area is 126 Å². The monoisotopic (exact) mass is 314 g/mol. The Morgan fingerprint density at radius 1 is 1.71 bits per heavy atom. The summed E-state index contributed by atoms with van der Waals surface area (Å²) < 4.78 is 5.51. The van der Waals surface area contributed by atoms with E-state index in [-0.39, 0.29) is 22.5 Å². The van der Waals surface area contributed by atoms with Gasteiger partial charge in [0, 0.05) is 26.7 Å². The van der Waals surface area contributed by atoms with Crippen molar-refractivity contribution in [2.75, 3.05) is 33.3 Å². The molecule has 0 bridgehead atoms. The molecule has 9 heteroatoms. The first-order valence-corrected chi connectivity index (χ1v) is 6.74. The average Bonchev–Trinajstić information content (AvgIpc) is 2.47. The molecule has 21 heavy (non-hydrogen) atoms. The predicted octanol–water partition coefficient (Wildman–Crippen LogP) is 0.704. The number of aromatic nitrogens is 1. The lowest BCUT2D eigenvalue weighted by molar-refractivity contribution is -0.385. The summed E-state index contributed by atoms with van der Waals surface area (Å²) in [7, 11) is 1.57. The number of nitro groups is 1. The zero-order valence-corrected chi connectivity index (χ0v) is 12.2. The Hall–Kier alpha value is -1.77. The molecule has 1 aromatic heterocycles. The highest BCUT2D eigenvalue weighted by Gasteiger charge is 2.26. The number of rotatable bonds is 4. The van der Waals surface area contributed by atoms with E-state index in [1.807, 2.05) is 0 Å². The van der Waals surface area contributed by atoms with Crippen molar-refractivity contribution in [1.82, 2.24) is 15.2 Å². The number of likely N-dealkylation sites (N-methyl/N-ethyl adjacent to an activating group) is 1. The van der Waals surface area contributed by atoms with Crippen LogP contribution in [-0.4, -0.2) is 60.1 Å². The topological polar surface area (TPSA) is 97.6 Å². The number of nitrogens with zero attached hydrogens (tertiary/aromatic N) is 3. The Morgan fingerprint density at radius 2 is 2.48 bits per heavy atom. The van der Waals surface area contributed by atoms with Crippen molar-refractivity contribution >= 4 is 23.2 Å². The fourth-order valence-electron chi connectivity index (χ4n) is 2.07. The smallest absolute Gasteiger partial charge is 0.300 e. The van der Waals surface area contributed by atoms with E-state index in [9.17, 15) is 14.9 Å². The maximum Gasteiger partial charge on any atom is 0.300 e. The van der Waals surface area contributed by atoms with E-state index in [0.717, 1.165) is 12.7 Å². The zero-order valence-electron chi connectivity index (χ0n) is 11.4. The Morgan fingerprint density at radius 3 is 3.10 bits per heavy atom. The number of pyridine rings is 1. The molecular weight excluding hydrogens is 300 g/mol. The number of hydrogen-bond acceptors (Lipinski definition) is 6. The molecule has 0 aromatic carbocycles. The van der Waals surface area contributed by atoms with Crippen LogP contribution in [0.1, 0.15) is 10.4 Å². The highest BCUT2D eigenvalue weighted by molar-refractivity contribution is 6.29. The highest BCUT2D eigenvalue weighted by Crippen LogP contribution is 2.21. The molecule has 2 rings (SSSR count). The van der Waals surface area contributed by atoms with E-state index in [0.29, 0.717) is 19.7 Å². The fourth-order valence-corrected chi connectivity index (χ4v) is 2.23. The molecule has 0 spiro atoms. The highest BCUT2D eigenvalue weighted by atomic mass is 35.5. The van der Waals surface area contributed by atoms with Crippen LogP contribution in [0.5, 0.6) is 0 Å². The molecule has 1 N–H and O–H groups in total. The van der Waals surface area contributed by atoms with Crippen LogP contribution < -0.4 is 5.32 Å². The molecular formula is C12H15ClN4O4. The third-order valence-corrected chi connectivity index (χ3v) is 3.31. The van der Waals surface area contributed by atoms with Gasteiger partial charge in [-0.3, -0.25) is 14.9 Å². The van der Waals surface area contributed by atoms with E-state index in [1.165, 1.54) is 11.0 Å². The van der Waals surface area contributed by atoms with Gasteiger partial charge in [0.05, 0.1) is 17.6 Å². The van der Waals surface area contributed by atoms with E-state index >= 15 is 0 Å². The van der Waals surface area contributed by atoms with Crippen molar-refractivity contribution in [3.63, 3.8) is 0 Å². The first kappa shape index (κ1) is 15.6. The van der Waals surface area contributed by atoms with E-state index in [4.69, 9.17) is 16.3 Å². The molecule has 2 heterocycles. The molecule has 114 valence electrons. The maximum atomic E-state index is 12.4. The summed E-state index contributed by atoms with van der Waals surface area (Å²) in [5, 5.41) is 14.2. The number of carbonyl (C=O) groups excluding carboxylic acids is 1. The van der Waals surface area contributed by atoms with Gasteiger partial charge in [-0.05, 0) is 6.07 Å². The predicted molar refractivity (Wildman–Crippen MR) is 75.5 cm³/mol. The molecule has 1 aromatic rings. The van der Waals surface area contributed by atoms with Gasteiger partial charge in [-0.2, -0.15) is 0 Å². The lowest BCUT2D eigenvalue weighted by Gasteiger charge is -2.28. The van der Waals surface area contributed by atoms with Crippen LogP contribution in [-0.2, 0) is 4.74 Å². The summed E-state index contributed by atoms with van der Waals surface area (Å²) in [5.74, 6) is -0.486. The number of hydrogen-bond donors (Lipinski definition) is 1. The SMILES string of the molecule is CN(CC1CNCCO1)C(=O)c1cc(Cl)ncc1[N+](=O)[O-]. The van der Waals surface area contributed by atoms with Gasteiger partial charge in [0.25, 0.3) is 11.6 Å². The Kier molecular flexibility index (Phi) is 5.05. The summed E-state index contributed by atoms with van der Waals surface area (Å²) in [6.45, 7) is 2.33. The van der Waals surface area contributed by atoms with Gasteiger partial charge in [-0.15, -0.1) is 0 Å². The summed E-state index contributed by atoms with van der Waals surface area (Å²) >= 11 is 5.72. The summed E-state index contributed by atoms with van der Waals surface area (Å²) in [6, 6.07) is 1.21. The van der Waals surface area contributed by atoms with Crippen LogP contribution in [0.2, 0.25) is 5.15 Å². The van der Waals surface area contributed by atoms with Gasteiger partial charge in [-0.25, -0.2) is 4.98 Å². The van der Waals surface area contributed by atoms with Crippen LogP contribution in [0.25, 0.3) is 0 Å². The molecule has 0 aliphatic carbocycles. The van der Waals surface area contributed by atoms with E-state index < -0.39 is 10.8 Å². The Bertz CT molecular complexity index is 548. The molecule has 1 fully saturated rings.